The molecule has 15 heavy (non-hydrogen) atoms. The molecule has 3 N–H and O–H groups in total. The fourth-order valence-corrected chi connectivity index (χ4v) is 3.42. The molecular formula is C10H22N2O2S. The van der Waals surface area contributed by atoms with Gasteiger partial charge in [0.2, 0.25) is 10.0 Å². The van der Waals surface area contributed by atoms with E-state index in [9.17, 15) is 8.42 Å². The smallest absolute Gasteiger partial charge is 0.211 e. The molecule has 0 spiro atoms. The van der Waals surface area contributed by atoms with Crippen molar-refractivity contribution in [2.45, 2.75) is 51.0 Å². The standard InChI is InChI=1S/C10H22N2O2S/c11-8-4-5-9-15(13,14)12-10-6-2-1-3-7-10/h10,12H,1-9,11H2. The first-order chi connectivity index (χ1) is 7.14. The lowest BCUT2D eigenvalue weighted by Gasteiger charge is -2.22. The van der Waals surface area contributed by atoms with Gasteiger partial charge in [0, 0.05) is 6.04 Å². The molecule has 4 nitrogen and oxygen atoms in total. The van der Waals surface area contributed by atoms with Crippen LogP contribution in [-0.2, 0) is 10.0 Å². The van der Waals surface area contributed by atoms with Gasteiger partial charge in [0.1, 0.15) is 0 Å². The van der Waals surface area contributed by atoms with Crippen molar-refractivity contribution in [3.05, 3.63) is 0 Å². The molecule has 0 aromatic carbocycles. The quantitative estimate of drug-likeness (QED) is 0.673. The van der Waals surface area contributed by atoms with E-state index < -0.39 is 10.0 Å². The maximum atomic E-state index is 11.6. The minimum atomic E-state index is -3.06. The van der Waals surface area contributed by atoms with Crippen LogP contribution in [-0.4, -0.2) is 26.8 Å². The Labute approximate surface area is 92.7 Å². The maximum absolute atomic E-state index is 11.6. The number of nitrogens with two attached hydrogens (primary N) is 1. The van der Waals surface area contributed by atoms with Crippen molar-refractivity contribution in [3.8, 4) is 0 Å². The molecule has 1 saturated carbocycles. The van der Waals surface area contributed by atoms with Crippen LogP contribution in [0.15, 0.2) is 0 Å². The van der Waals surface area contributed by atoms with Gasteiger partial charge in [0.15, 0.2) is 0 Å². The number of nitrogens with one attached hydrogen (secondary N) is 1. The van der Waals surface area contributed by atoms with E-state index in [0.717, 1.165) is 32.1 Å². The van der Waals surface area contributed by atoms with E-state index in [4.69, 9.17) is 5.73 Å². The monoisotopic (exact) mass is 234 g/mol. The van der Waals surface area contributed by atoms with Crippen LogP contribution in [0.1, 0.15) is 44.9 Å². The molecule has 1 aliphatic rings. The fraction of sp³-hybridized carbons (Fsp3) is 1.00. The van der Waals surface area contributed by atoms with Gasteiger partial charge >= 0.3 is 0 Å². The van der Waals surface area contributed by atoms with Gasteiger partial charge < -0.3 is 5.73 Å². The number of unbranched alkanes of at least 4 members (excludes halogenated alkanes) is 1. The number of hydrogen-bond donors (Lipinski definition) is 2. The molecule has 0 unspecified atom stereocenters. The Balaban J connectivity index is 2.27. The van der Waals surface area contributed by atoms with Crippen LogP contribution in [0.5, 0.6) is 0 Å². The number of rotatable bonds is 6. The molecule has 0 amide bonds. The average molecular weight is 234 g/mol. The Morgan fingerprint density at radius 2 is 1.80 bits per heavy atom. The average Bonchev–Trinajstić information content (AvgIpc) is 2.18. The molecule has 1 aliphatic carbocycles. The van der Waals surface area contributed by atoms with Crippen molar-refractivity contribution >= 4 is 10.0 Å². The van der Waals surface area contributed by atoms with Gasteiger partial charge in [-0.15, -0.1) is 0 Å². The summed E-state index contributed by atoms with van der Waals surface area (Å²) in [7, 11) is -3.06. The van der Waals surface area contributed by atoms with Crippen molar-refractivity contribution in [2.24, 2.45) is 5.73 Å². The molecule has 0 bridgehead atoms. The van der Waals surface area contributed by atoms with Gasteiger partial charge in [-0.05, 0) is 32.2 Å². The van der Waals surface area contributed by atoms with E-state index in [-0.39, 0.29) is 11.8 Å². The molecule has 90 valence electrons. The molecule has 0 aromatic rings. The highest BCUT2D eigenvalue weighted by atomic mass is 32.2. The Morgan fingerprint density at radius 3 is 2.40 bits per heavy atom. The van der Waals surface area contributed by atoms with Crippen LogP contribution in [0.3, 0.4) is 0 Å². The number of hydrogen-bond acceptors (Lipinski definition) is 3. The maximum Gasteiger partial charge on any atom is 0.211 e. The van der Waals surface area contributed by atoms with Gasteiger partial charge in [-0.3, -0.25) is 0 Å². The minimum Gasteiger partial charge on any atom is -0.330 e. The Morgan fingerprint density at radius 1 is 1.13 bits per heavy atom. The third-order valence-corrected chi connectivity index (χ3v) is 4.34. The highest BCUT2D eigenvalue weighted by molar-refractivity contribution is 7.89. The normalized spacial score (nSPS) is 19.3. The lowest BCUT2D eigenvalue weighted by Crippen LogP contribution is -2.37. The van der Waals surface area contributed by atoms with E-state index in [1.165, 1.54) is 6.42 Å². The molecule has 0 atom stereocenters. The van der Waals surface area contributed by atoms with Gasteiger partial charge in [0.05, 0.1) is 5.75 Å². The predicted octanol–water partition coefficient (Wildman–Crippen LogP) is 0.977. The van der Waals surface area contributed by atoms with E-state index >= 15 is 0 Å². The summed E-state index contributed by atoms with van der Waals surface area (Å²) in [4.78, 5) is 0. The highest BCUT2D eigenvalue weighted by Gasteiger charge is 2.19. The first-order valence-corrected chi connectivity index (χ1v) is 7.49. The summed E-state index contributed by atoms with van der Waals surface area (Å²) < 4.78 is 26.0. The van der Waals surface area contributed by atoms with Gasteiger partial charge in [-0.1, -0.05) is 19.3 Å². The summed E-state index contributed by atoms with van der Waals surface area (Å²) >= 11 is 0. The molecule has 0 aromatic heterocycles. The summed E-state index contributed by atoms with van der Waals surface area (Å²) in [5, 5.41) is 0. The first kappa shape index (κ1) is 12.9. The van der Waals surface area contributed by atoms with E-state index in [2.05, 4.69) is 4.72 Å². The van der Waals surface area contributed by atoms with Crippen LogP contribution in [0.2, 0.25) is 0 Å². The Hall–Kier alpha value is -0.130. The minimum absolute atomic E-state index is 0.182. The first-order valence-electron chi connectivity index (χ1n) is 5.84. The van der Waals surface area contributed by atoms with Crippen LogP contribution in [0, 0.1) is 0 Å². The second kappa shape index (κ2) is 6.45. The van der Waals surface area contributed by atoms with E-state index in [1.807, 2.05) is 0 Å². The molecule has 0 saturated heterocycles. The molecule has 1 fully saturated rings. The zero-order valence-corrected chi connectivity index (χ0v) is 10.1. The van der Waals surface area contributed by atoms with E-state index in [1.54, 1.807) is 0 Å². The molecule has 0 heterocycles. The van der Waals surface area contributed by atoms with E-state index in [0.29, 0.717) is 13.0 Å². The SMILES string of the molecule is NCCCCS(=O)(=O)NC1CCCCC1. The highest BCUT2D eigenvalue weighted by Crippen LogP contribution is 2.18. The van der Waals surface area contributed by atoms with Crippen molar-refractivity contribution in [2.75, 3.05) is 12.3 Å². The summed E-state index contributed by atoms with van der Waals surface area (Å²) in [6.07, 6.45) is 6.98. The van der Waals surface area contributed by atoms with Crippen molar-refractivity contribution in [3.63, 3.8) is 0 Å². The summed E-state index contributed by atoms with van der Waals surface area (Å²) in [5.74, 6) is 0.223. The third-order valence-electron chi connectivity index (χ3n) is 2.82. The van der Waals surface area contributed by atoms with Crippen molar-refractivity contribution in [1.29, 1.82) is 0 Å². The van der Waals surface area contributed by atoms with Gasteiger partial charge in [0.25, 0.3) is 0 Å². The summed E-state index contributed by atoms with van der Waals surface area (Å²) in [6.45, 7) is 0.568. The zero-order valence-electron chi connectivity index (χ0n) is 9.24. The lowest BCUT2D eigenvalue weighted by molar-refractivity contribution is 0.412. The summed E-state index contributed by atoms with van der Waals surface area (Å²) in [6, 6.07) is 0.182. The molecule has 0 aliphatic heterocycles. The Bertz CT molecular complexity index is 259. The summed E-state index contributed by atoms with van der Waals surface area (Å²) in [5.41, 5.74) is 5.33. The van der Waals surface area contributed by atoms with Gasteiger partial charge in [-0.25, -0.2) is 13.1 Å². The molecule has 1 rings (SSSR count). The third kappa shape index (κ3) is 5.49. The number of sulfonamides is 1. The molecule has 5 heteroatoms. The zero-order chi connectivity index (χ0) is 11.1. The van der Waals surface area contributed by atoms with Crippen LogP contribution < -0.4 is 10.5 Å². The van der Waals surface area contributed by atoms with Gasteiger partial charge in [-0.2, -0.15) is 0 Å². The van der Waals surface area contributed by atoms with Crippen LogP contribution in [0.4, 0.5) is 0 Å². The second-order valence-electron chi connectivity index (χ2n) is 4.27. The predicted molar refractivity (Wildman–Crippen MR) is 62.1 cm³/mol. The van der Waals surface area contributed by atoms with Crippen LogP contribution in [0.25, 0.3) is 0 Å². The second-order valence-corrected chi connectivity index (χ2v) is 6.14. The van der Waals surface area contributed by atoms with Crippen molar-refractivity contribution < 1.29 is 8.42 Å². The van der Waals surface area contributed by atoms with Crippen molar-refractivity contribution in [1.82, 2.24) is 4.72 Å². The molecule has 0 radical (unpaired) electrons. The largest absolute Gasteiger partial charge is 0.330 e. The Kier molecular flexibility index (Phi) is 5.56. The topological polar surface area (TPSA) is 72.2 Å². The lowest BCUT2D eigenvalue weighted by atomic mass is 9.96. The molecular weight excluding hydrogens is 212 g/mol. The fourth-order valence-electron chi connectivity index (χ4n) is 1.97. The van der Waals surface area contributed by atoms with Crippen LogP contribution >= 0.6 is 0 Å².